The summed E-state index contributed by atoms with van der Waals surface area (Å²) in [6.07, 6.45) is 4.58. The van der Waals surface area contributed by atoms with Crippen molar-refractivity contribution in [2.45, 2.75) is 43.6 Å². The highest BCUT2D eigenvalue weighted by Crippen LogP contribution is 2.35. The Hall–Kier alpha value is 0.270. The van der Waals surface area contributed by atoms with Crippen molar-refractivity contribution in [3.05, 3.63) is 0 Å². The summed E-state index contributed by atoms with van der Waals surface area (Å²) in [4.78, 5) is 0. The van der Waals surface area contributed by atoms with E-state index in [0.29, 0.717) is 6.10 Å². The highest BCUT2D eigenvalue weighted by molar-refractivity contribution is 8.00. The molecule has 82 valence electrons. The second-order valence-corrected chi connectivity index (χ2v) is 5.74. The van der Waals surface area contributed by atoms with Gasteiger partial charge in [-0.15, -0.1) is 0 Å². The van der Waals surface area contributed by atoms with Gasteiger partial charge in [0.1, 0.15) is 0 Å². The van der Waals surface area contributed by atoms with Crippen LogP contribution in [0.2, 0.25) is 0 Å². The first-order valence-corrected chi connectivity index (χ1v) is 6.76. The summed E-state index contributed by atoms with van der Waals surface area (Å²) < 4.78 is 5.57. The van der Waals surface area contributed by atoms with E-state index in [0.717, 1.165) is 23.8 Å². The molecule has 1 aliphatic heterocycles. The highest BCUT2D eigenvalue weighted by Gasteiger charge is 2.32. The fraction of sp³-hybridized carbons (Fsp3) is 1.00. The molecule has 3 atom stereocenters. The number of thioether (sulfide) groups is 1. The molecule has 0 aromatic heterocycles. The molecule has 1 aliphatic carbocycles. The monoisotopic (exact) mass is 215 g/mol. The van der Waals surface area contributed by atoms with Crippen LogP contribution in [-0.2, 0) is 4.74 Å². The molecule has 1 N–H and O–H groups in total. The van der Waals surface area contributed by atoms with E-state index in [1.54, 1.807) is 0 Å². The zero-order chi connectivity index (χ0) is 9.97. The largest absolute Gasteiger partial charge is 0.377 e. The quantitative estimate of drug-likeness (QED) is 0.757. The van der Waals surface area contributed by atoms with E-state index in [1.165, 1.54) is 25.0 Å². The van der Waals surface area contributed by atoms with Crippen molar-refractivity contribution in [3.63, 3.8) is 0 Å². The normalized spacial score (nSPS) is 34.7. The minimum Gasteiger partial charge on any atom is -0.377 e. The molecule has 0 bridgehead atoms. The molecule has 3 unspecified atom stereocenters. The van der Waals surface area contributed by atoms with E-state index in [2.05, 4.69) is 31.1 Å². The molecule has 2 rings (SSSR count). The predicted octanol–water partition coefficient (Wildman–Crippen LogP) is 1.89. The van der Waals surface area contributed by atoms with Gasteiger partial charge < -0.3 is 10.1 Å². The van der Waals surface area contributed by atoms with Crippen LogP contribution in [0, 0.1) is 5.92 Å². The lowest BCUT2D eigenvalue weighted by molar-refractivity contribution is 0.127. The summed E-state index contributed by atoms with van der Waals surface area (Å²) in [5.74, 6) is 2.23. The van der Waals surface area contributed by atoms with Crippen LogP contribution in [0.4, 0.5) is 0 Å². The summed E-state index contributed by atoms with van der Waals surface area (Å²) in [5.41, 5.74) is 0. The van der Waals surface area contributed by atoms with E-state index in [-0.39, 0.29) is 0 Å². The molecule has 14 heavy (non-hydrogen) atoms. The van der Waals surface area contributed by atoms with Crippen molar-refractivity contribution in [3.8, 4) is 0 Å². The third-order valence-electron chi connectivity index (χ3n) is 3.36. The molecule has 0 spiro atoms. The molecule has 0 aromatic carbocycles. The molecule has 2 nitrogen and oxygen atoms in total. The molecule has 0 radical (unpaired) electrons. The Labute approximate surface area is 91.2 Å². The molecule has 2 aliphatic rings. The van der Waals surface area contributed by atoms with Crippen molar-refractivity contribution >= 4 is 11.8 Å². The van der Waals surface area contributed by atoms with E-state index in [9.17, 15) is 0 Å². The van der Waals surface area contributed by atoms with Gasteiger partial charge in [0.25, 0.3) is 0 Å². The number of nitrogens with one attached hydrogen (secondary N) is 1. The van der Waals surface area contributed by atoms with Crippen LogP contribution in [0.1, 0.15) is 26.2 Å². The van der Waals surface area contributed by atoms with Gasteiger partial charge in [-0.05, 0) is 39.2 Å². The maximum atomic E-state index is 5.57. The number of hydrogen-bond donors (Lipinski definition) is 1. The van der Waals surface area contributed by atoms with E-state index < -0.39 is 0 Å². The predicted molar refractivity (Wildman–Crippen MR) is 61.8 cm³/mol. The third-order valence-corrected chi connectivity index (χ3v) is 4.96. The summed E-state index contributed by atoms with van der Waals surface area (Å²) in [7, 11) is 2.10. The first kappa shape index (κ1) is 10.8. The maximum Gasteiger partial charge on any atom is 0.0666 e. The average molecular weight is 215 g/mol. The summed E-state index contributed by atoms with van der Waals surface area (Å²) in [6, 6.07) is 0.743. The summed E-state index contributed by atoms with van der Waals surface area (Å²) >= 11 is 2.11. The smallest absolute Gasteiger partial charge is 0.0666 e. The van der Waals surface area contributed by atoms with Gasteiger partial charge in [0.15, 0.2) is 0 Å². The Kier molecular flexibility index (Phi) is 3.74. The van der Waals surface area contributed by atoms with E-state index >= 15 is 0 Å². The van der Waals surface area contributed by atoms with Crippen LogP contribution >= 0.6 is 11.8 Å². The van der Waals surface area contributed by atoms with Crippen molar-refractivity contribution in [2.75, 3.05) is 19.4 Å². The van der Waals surface area contributed by atoms with Gasteiger partial charge in [0.2, 0.25) is 0 Å². The van der Waals surface area contributed by atoms with E-state index in [1.807, 2.05) is 0 Å². The molecule has 1 saturated heterocycles. The number of ether oxygens (including phenoxy) is 1. The second kappa shape index (κ2) is 4.86. The average Bonchev–Trinajstić information content (AvgIpc) is 2.93. The van der Waals surface area contributed by atoms with Crippen LogP contribution in [0.3, 0.4) is 0 Å². The first-order valence-electron chi connectivity index (χ1n) is 5.71. The van der Waals surface area contributed by atoms with Crippen molar-refractivity contribution in [1.29, 1.82) is 0 Å². The molecule has 2 fully saturated rings. The minimum atomic E-state index is 0.469. The van der Waals surface area contributed by atoms with Crippen LogP contribution in [0.25, 0.3) is 0 Å². The Morgan fingerprint density at radius 2 is 2.21 bits per heavy atom. The van der Waals surface area contributed by atoms with Gasteiger partial charge in [-0.2, -0.15) is 11.8 Å². The lowest BCUT2D eigenvalue weighted by Crippen LogP contribution is -2.31. The standard InChI is InChI=1S/C11H21NOS/c1-8-11(5-6-13-8)14-7-10(12-2)9-3-4-9/h8-12H,3-7H2,1-2H3. The van der Waals surface area contributed by atoms with Crippen molar-refractivity contribution in [1.82, 2.24) is 5.32 Å². The molecule has 0 amide bonds. The molecule has 0 aromatic rings. The lowest BCUT2D eigenvalue weighted by atomic mass is 10.2. The molecule has 1 saturated carbocycles. The first-order chi connectivity index (χ1) is 6.81. The Morgan fingerprint density at radius 1 is 1.43 bits per heavy atom. The Balaban J connectivity index is 1.69. The number of rotatable bonds is 5. The van der Waals surface area contributed by atoms with Gasteiger partial charge in [-0.25, -0.2) is 0 Å². The zero-order valence-electron chi connectivity index (χ0n) is 9.16. The van der Waals surface area contributed by atoms with E-state index in [4.69, 9.17) is 4.74 Å². The molecule has 3 heteroatoms. The SMILES string of the molecule is CNC(CSC1CCOC1C)C1CC1. The Bertz CT molecular complexity index is 182. The zero-order valence-corrected chi connectivity index (χ0v) is 9.98. The molecular weight excluding hydrogens is 194 g/mol. The fourth-order valence-corrected chi connectivity index (χ4v) is 3.62. The van der Waals surface area contributed by atoms with Crippen LogP contribution < -0.4 is 5.32 Å². The topological polar surface area (TPSA) is 21.3 Å². The fourth-order valence-electron chi connectivity index (χ4n) is 2.11. The van der Waals surface area contributed by atoms with Crippen LogP contribution in [-0.4, -0.2) is 36.8 Å². The van der Waals surface area contributed by atoms with Gasteiger partial charge in [-0.1, -0.05) is 0 Å². The van der Waals surface area contributed by atoms with Crippen LogP contribution in [0.5, 0.6) is 0 Å². The van der Waals surface area contributed by atoms with Crippen molar-refractivity contribution < 1.29 is 4.74 Å². The summed E-state index contributed by atoms with van der Waals surface area (Å²) in [5, 5.41) is 4.18. The molecular formula is C11H21NOS. The van der Waals surface area contributed by atoms with Gasteiger partial charge >= 0.3 is 0 Å². The molecule has 1 heterocycles. The second-order valence-electron chi connectivity index (χ2n) is 4.47. The maximum absolute atomic E-state index is 5.57. The van der Waals surface area contributed by atoms with Crippen LogP contribution in [0.15, 0.2) is 0 Å². The highest BCUT2D eigenvalue weighted by atomic mass is 32.2. The van der Waals surface area contributed by atoms with Gasteiger partial charge in [0.05, 0.1) is 6.10 Å². The van der Waals surface area contributed by atoms with Gasteiger partial charge in [0, 0.05) is 23.7 Å². The van der Waals surface area contributed by atoms with Gasteiger partial charge in [-0.3, -0.25) is 0 Å². The lowest BCUT2D eigenvalue weighted by Gasteiger charge is -2.19. The third kappa shape index (κ3) is 2.65. The van der Waals surface area contributed by atoms with Crippen molar-refractivity contribution in [2.24, 2.45) is 5.92 Å². The minimum absolute atomic E-state index is 0.469. The summed E-state index contributed by atoms with van der Waals surface area (Å²) in [6.45, 7) is 3.17. The Morgan fingerprint density at radius 3 is 2.71 bits per heavy atom. The number of hydrogen-bond acceptors (Lipinski definition) is 3.